The standard InChI is InChI=1S/C10H7F3N4S/c11-5-1-2-8(6(12)3-5)18-9-7(13)4-15-10(16-9)17-14/h1-4H,14H2,(H,15,16,17). The molecule has 0 spiro atoms. The Morgan fingerprint density at radius 3 is 2.61 bits per heavy atom. The molecule has 0 unspecified atom stereocenters. The Bertz CT molecular complexity index is 579. The molecule has 94 valence electrons. The lowest BCUT2D eigenvalue weighted by atomic mass is 10.3. The van der Waals surface area contributed by atoms with Gasteiger partial charge in [0, 0.05) is 11.0 Å². The van der Waals surface area contributed by atoms with Gasteiger partial charge in [0.05, 0.1) is 6.20 Å². The van der Waals surface area contributed by atoms with E-state index in [0.717, 1.165) is 12.3 Å². The molecule has 0 fully saturated rings. The number of benzene rings is 1. The van der Waals surface area contributed by atoms with Crippen molar-refractivity contribution in [1.82, 2.24) is 9.97 Å². The van der Waals surface area contributed by atoms with Crippen molar-refractivity contribution in [3.05, 3.63) is 41.8 Å². The van der Waals surface area contributed by atoms with Gasteiger partial charge in [0.1, 0.15) is 16.7 Å². The number of hydrogen-bond donors (Lipinski definition) is 2. The number of hydrazine groups is 1. The van der Waals surface area contributed by atoms with Gasteiger partial charge in [-0.25, -0.2) is 29.0 Å². The summed E-state index contributed by atoms with van der Waals surface area (Å²) in [6.45, 7) is 0. The van der Waals surface area contributed by atoms with Crippen molar-refractivity contribution in [2.45, 2.75) is 9.92 Å². The second-order valence-electron chi connectivity index (χ2n) is 3.17. The molecule has 1 aromatic carbocycles. The molecule has 1 heterocycles. The molecule has 0 atom stereocenters. The molecule has 18 heavy (non-hydrogen) atoms. The Balaban J connectivity index is 2.33. The maximum Gasteiger partial charge on any atom is 0.238 e. The molecule has 0 aliphatic rings. The predicted molar refractivity (Wildman–Crippen MR) is 60.3 cm³/mol. The molecule has 0 amide bonds. The van der Waals surface area contributed by atoms with E-state index in [1.54, 1.807) is 0 Å². The Labute approximate surface area is 104 Å². The summed E-state index contributed by atoms with van der Waals surface area (Å²) in [7, 11) is 0. The first-order valence-corrected chi connectivity index (χ1v) is 5.54. The smallest absolute Gasteiger partial charge is 0.238 e. The third kappa shape index (κ3) is 2.71. The topological polar surface area (TPSA) is 63.8 Å². The van der Waals surface area contributed by atoms with Crippen LogP contribution in [-0.4, -0.2) is 9.97 Å². The van der Waals surface area contributed by atoms with E-state index in [-0.39, 0.29) is 15.9 Å². The number of halogens is 3. The number of nitrogens with two attached hydrogens (primary N) is 1. The van der Waals surface area contributed by atoms with Gasteiger partial charge >= 0.3 is 0 Å². The van der Waals surface area contributed by atoms with Crippen LogP contribution in [0.1, 0.15) is 0 Å². The first kappa shape index (κ1) is 12.7. The molecule has 0 saturated heterocycles. The summed E-state index contributed by atoms with van der Waals surface area (Å²) in [6.07, 6.45) is 0.909. The Hall–Kier alpha value is -1.80. The van der Waals surface area contributed by atoms with Gasteiger partial charge in [-0.15, -0.1) is 0 Å². The van der Waals surface area contributed by atoms with Crippen molar-refractivity contribution in [2.24, 2.45) is 5.84 Å². The minimum atomic E-state index is -0.791. The zero-order valence-corrected chi connectivity index (χ0v) is 9.64. The van der Waals surface area contributed by atoms with Crippen LogP contribution in [0.2, 0.25) is 0 Å². The summed E-state index contributed by atoms with van der Waals surface area (Å²) in [6, 6.07) is 2.99. The zero-order chi connectivity index (χ0) is 13.1. The van der Waals surface area contributed by atoms with Gasteiger partial charge in [-0.1, -0.05) is 11.8 Å². The molecule has 0 saturated carbocycles. The van der Waals surface area contributed by atoms with Crippen molar-refractivity contribution in [1.29, 1.82) is 0 Å². The number of nitrogens with one attached hydrogen (secondary N) is 1. The normalized spacial score (nSPS) is 10.4. The second kappa shape index (κ2) is 5.23. The minimum Gasteiger partial charge on any atom is -0.292 e. The lowest BCUT2D eigenvalue weighted by Crippen LogP contribution is -2.11. The molecular weight excluding hydrogens is 265 g/mol. The fourth-order valence-corrected chi connectivity index (χ4v) is 1.94. The van der Waals surface area contributed by atoms with Crippen molar-refractivity contribution in [2.75, 3.05) is 5.43 Å². The maximum atomic E-state index is 13.4. The fraction of sp³-hybridized carbons (Fsp3) is 0. The summed E-state index contributed by atoms with van der Waals surface area (Å²) in [5.41, 5.74) is 2.15. The monoisotopic (exact) mass is 272 g/mol. The Morgan fingerprint density at radius 1 is 1.17 bits per heavy atom. The van der Waals surface area contributed by atoms with Crippen molar-refractivity contribution >= 4 is 17.7 Å². The highest BCUT2D eigenvalue weighted by Crippen LogP contribution is 2.30. The largest absolute Gasteiger partial charge is 0.292 e. The second-order valence-corrected chi connectivity index (χ2v) is 4.20. The predicted octanol–water partition coefficient (Wildman–Crippen LogP) is 2.33. The van der Waals surface area contributed by atoms with Crippen LogP contribution < -0.4 is 11.3 Å². The summed E-state index contributed by atoms with van der Waals surface area (Å²) >= 11 is 0.716. The number of rotatable bonds is 3. The Morgan fingerprint density at radius 2 is 1.94 bits per heavy atom. The van der Waals surface area contributed by atoms with E-state index in [9.17, 15) is 13.2 Å². The minimum absolute atomic E-state index is 0.00131. The third-order valence-electron chi connectivity index (χ3n) is 1.94. The maximum absolute atomic E-state index is 13.4. The van der Waals surface area contributed by atoms with Gasteiger partial charge in [-0.05, 0) is 12.1 Å². The average molecular weight is 272 g/mol. The van der Waals surface area contributed by atoms with E-state index < -0.39 is 17.5 Å². The van der Waals surface area contributed by atoms with Gasteiger partial charge in [0.25, 0.3) is 0 Å². The van der Waals surface area contributed by atoms with Crippen LogP contribution in [0.5, 0.6) is 0 Å². The highest BCUT2D eigenvalue weighted by molar-refractivity contribution is 7.99. The molecule has 8 heteroatoms. The van der Waals surface area contributed by atoms with Crippen molar-refractivity contribution in [3.8, 4) is 0 Å². The van der Waals surface area contributed by atoms with Gasteiger partial charge in [0.2, 0.25) is 5.95 Å². The molecule has 0 aliphatic heterocycles. The van der Waals surface area contributed by atoms with Crippen LogP contribution in [0, 0.1) is 17.5 Å². The summed E-state index contributed by atoms with van der Waals surface area (Å²) in [4.78, 5) is 7.33. The first-order valence-electron chi connectivity index (χ1n) is 4.72. The van der Waals surface area contributed by atoms with Gasteiger partial charge in [-0.2, -0.15) is 0 Å². The van der Waals surface area contributed by atoms with Gasteiger partial charge in [0.15, 0.2) is 5.82 Å². The van der Waals surface area contributed by atoms with Crippen LogP contribution >= 0.6 is 11.8 Å². The van der Waals surface area contributed by atoms with E-state index in [1.807, 2.05) is 0 Å². The van der Waals surface area contributed by atoms with Gasteiger partial charge in [-0.3, -0.25) is 5.43 Å². The molecular formula is C10H7F3N4S. The molecule has 2 rings (SSSR count). The van der Waals surface area contributed by atoms with Crippen LogP contribution in [-0.2, 0) is 0 Å². The average Bonchev–Trinajstić information content (AvgIpc) is 2.35. The zero-order valence-electron chi connectivity index (χ0n) is 8.82. The highest BCUT2D eigenvalue weighted by atomic mass is 32.2. The van der Waals surface area contributed by atoms with Crippen LogP contribution in [0.3, 0.4) is 0 Å². The Kier molecular flexibility index (Phi) is 3.68. The number of anilines is 1. The molecule has 4 nitrogen and oxygen atoms in total. The summed E-state index contributed by atoms with van der Waals surface area (Å²) in [5.74, 6) is 2.87. The van der Waals surface area contributed by atoms with Crippen molar-refractivity contribution in [3.63, 3.8) is 0 Å². The molecule has 1 aromatic heterocycles. The molecule has 2 aromatic rings. The number of nitrogen functional groups attached to an aromatic ring is 1. The van der Waals surface area contributed by atoms with E-state index in [0.29, 0.717) is 17.8 Å². The van der Waals surface area contributed by atoms with E-state index in [2.05, 4.69) is 15.4 Å². The number of hydrogen-bond acceptors (Lipinski definition) is 5. The van der Waals surface area contributed by atoms with E-state index in [1.165, 1.54) is 6.07 Å². The summed E-state index contributed by atoms with van der Waals surface area (Å²) < 4.78 is 39.5. The van der Waals surface area contributed by atoms with E-state index >= 15 is 0 Å². The molecule has 0 radical (unpaired) electrons. The molecule has 0 bridgehead atoms. The number of aromatic nitrogens is 2. The number of nitrogens with zero attached hydrogens (tertiary/aromatic N) is 2. The first-order chi connectivity index (χ1) is 8.60. The quantitative estimate of drug-likeness (QED) is 0.510. The lowest BCUT2D eigenvalue weighted by Gasteiger charge is -2.05. The molecule has 0 aliphatic carbocycles. The van der Waals surface area contributed by atoms with E-state index in [4.69, 9.17) is 5.84 Å². The van der Waals surface area contributed by atoms with Gasteiger partial charge < -0.3 is 0 Å². The van der Waals surface area contributed by atoms with Crippen molar-refractivity contribution < 1.29 is 13.2 Å². The molecule has 3 N–H and O–H groups in total. The lowest BCUT2D eigenvalue weighted by molar-refractivity contribution is 0.563. The summed E-state index contributed by atoms with van der Waals surface area (Å²) in [5, 5.41) is -0.108. The fourth-order valence-electron chi connectivity index (χ4n) is 1.15. The third-order valence-corrected chi connectivity index (χ3v) is 2.97. The van der Waals surface area contributed by atoms with Crippen LogP contribution in [0.15, 0.2) is 34.3 Å². The highest BCUT2D eigenvalue weighted by Gasteiger charge is 2.12. The van der Waals surface area contributed by atoms with Crippen LogP contribution in [0.4, 0.5) is 19.1 Å². The van der Waals surface area contributed by atoms with Crippen LogP contribution in [0.25, 0.3) is 0 Å². The SMILES string of the molecule is NNc1ncc(F)c(Sc2ccc(F)cc2F)n1.